The van der Waals surface area contributed by atoms with Crippen molar-refractivity contribution in [2.75, 3.05) is 18.1 Å². The summed E-state index contributed by atoms with van der Waals surface area (Å²) in [5, 5.41) is 3.66. The molecule has 3 heterocycles. The summed E-state index contributed by atoms with van der Waals surface area (Å²) in [5.41, 5.74) is 7.10. The summed E-state index contributed by atoms with van der Waals surface area (Å²) in [6.45, 7) is 4.28. The lowest BCUT2D eigenvalue weighted by Gasteiger charge is -2.47. The number of hydrogen-bond donors (Lipinski definition) is 2. The van der Waals surface area contributed by atoms with Gasteiger partial charge in [0.05, 0.1) is 0 Å². The Kier molecular flexibility index (Phi) is 4.02. The van der Waals surface area contributed by atoms with Gasteiger partial charge in [-0.15, -0.1) is 0 Å². The smallest absolute Gasteiger partial charge is 0.135 e. The van der Waals surface area contributed by atoms with Gasteiger partial charge in [0.1, 0.15) is 18.0 Å². The number of nitrogen functional groups attached to an aromatic ring is 1. The summed E-state index contributed by atoms with van der Waals surface area (Å²) in [6, 6.07) is 1.94. The molecule has 0 aromatic carbocycles. The van der Waals surface area contributed by atoms with Gasteiger partial charge in [-0.25, -0.2) is 9.97 Å². The van der Waals surface area contributed by atoms with E-state index in [4.69, 9.17) is 5.73 Å². The average molecular weight is 289 g/mol. The third kappa shape index (κ3) is 2.84. The van der Waals surface area contributed by atoms with Crippen LogP contribution in [-0.2, 0) is 0 Å². The lowest BCUT2D eigenvalue weighted by Crippen LogP contribution is -2.52. The molecule has 1 aromatic heterocycles. The summed E-state index contributed by atoms with van der Waals surface area (Å²) in [6.07, 6.45) is 8.01. The van der Waals surface area contributed by atoms with Crippen molar-refractivity contribution in [1.29, 1.82) is 0 Å². The van der Waals surface area contributed by atoms with Crippen LogP contribution in [0.1, 0.15) is 57.4 Å². The van der Waals surface area contributed by atoms with E-state index in [9.17, 15) is 0 Å². The molecule has 5 heteroatoms. The number of fused-ring (bicyclic) bond motifs is 2. The third-order valence-electron chi connectivity index (χ3n) is 5.17. The van der Waals surface area contributed by atoms with Crippen molar-refractivity contribution < 1.29 is 0 Å². The second-order valence-electron chi connectivity index (χ2n) is 6.89. The van der Waals surface area contributed by atoms with Gasteiger partial charge in [-0.2, -0.15) is 0 Å². The monoisotopic (exact) mass is 289 g/mol. The van der Waals surface area contributed by atoms with Gasteiger partial charge < -0.3 is 16.0 Å². The Bertz CT molecular complexity index is 487. The maximum absolute atomic E-state index is 6.04. The van der Waals surface area contributed by atoms with E-state index in [1.807, 2.05) is 0 Å². The molecule has 2 fully saturated rings. The van der Waals surface area contributed by atoms with Gasteiger partial charge in [0.2, 0.25) is 0 Å². The predicted molar refractivity (Wildman–Crippen MR) is 86.4 cm³/mol. The molecule has 2 aliphatic rings. The van der Waals surface area contributed by atoms with Crippen LogP contribution in [0.4, 0.5) is 11.6 Å². The number of nitrogens with zero attached hydrogens (tertiary/aromatic N) is 3. The number of piperidine rings is 2. The van der Waals surface area contributed by atoms with Gasteiger partial charge in [0.15, 0.2) is 0 Å². The molecule has 0 spiro atoms. The maximum atomic E-state index is 6.04. The number of anilines is 2. The summed E-state index contributed by atoms with van der Waals surface area (Å²) >= 11 is 0. The van der Waals surface area contributed by atoms with Gasteiger partial charge in [-0.05, 0) is 38.6 Å². The molecule has 0 saturated carbocycles. The molecule has 5 nitrogen and oxygen atoms in total. The topological polar surface area (TPSA) is 67.1 Å². The van der Waals surface area contributed by atoms with Crippen molar-refractivity contribution in [3.05, 3.63) is 11.9 Å². The standard InChI is InChI=1S/C16H27N5/c1-10(2)14-15(17)18-9-19-16(14)20-11-7-12-5-4-6-13(8-11)21(12)3/h9-13H,4-8H2,1-3H3,(H3,17,18,19,20). The molecular weight excluding hydrogens is 262 g/mol. The molecule has 116 valence electrons. The second kappa shape index (κ2) is 5.79. The SMILES string of the molecule is CC(C)c1c(N)ncnc1NC1CC2CCCC(C1)N2C. The zero-order valence-corrected chi connectivity index (χ0v) is 13.3. The van der Waals surface area contributed by atoms with E-state index in [0.717, 1.165) is 23.5 Å². The molecular formula is C16H27N5. The third-order valence-corrected chi connectivity index (χ3v) is 5.17. The van der Waals surface area contributed by atoms with Crippen molar-refractivity contribution in [1.82, 2.24) is 14.9 Å². The van der Waals surface area contributed by atoms with E-state index >= 15 is 0 Å². The Morgan fingerprint density at radius 1 is 1.24 bits per heavy atom. The zero-order chi connectivity index (χ0) is 15.0. The first-order valence-electron chi connectivity index (χ1n) is 8.15. The van der Waals surface area contributed by atoms with E-state index in [2.05, 4.69) is 41.1 Å². The zero-order valence-electron chi connectivity index (χ0n) is 13.3. The fourth-order valence-corrected chi connectivity index (χ4v) is 4.02. The highest BCUT2D eigenvalue weighted by atomic mass is 15.2. The van der Waals surface area contributed by atoms with Crippen molar-refractivity contribution in [3.8, 4) is 0 Å². The van der Waals surface area contributed by atoms with Crippen LogP contribution >= 0.6 is 0 Å². The Balaban J connectivity index is 1.77. The van der Waals surface area contributed by atoms with Crippen LogP contribution in [-0.4, -0.2) is 40.0 Å². The first-order chi connectivity index (χ1) is 10.1. The van der Waals surface area contributed by atoms with E-state index < -0.39 is 0 Å². The van der Waals surface area contributed by atoms with Crippen LogP contribution in [0, 0.1) is 0 Å². The van der Waals surface area contributed by atoms with Crippen LogP contribution in [0.15, 0.2) is 6.33 Å². The second-order valence-corrected chi connectivity index (χ2v) is 6.89. The molecule has 1 aromatic rings. The summed E-state index contributed by atoms with van der Waals surface area (Å²) in [4.78, 5) is 11.2. The molecule has 2 bridgehead atoms. The van der Waals surface area contributed by atoms with Crippen LogP contribution in [0.25, 0.3) is 0 Å². The largest absolute Gasteiger partial charge is 0.383 e. The van der Waals surface area contributed by atoms with Gasteiger partial charge >= 0.3 is 0 Å². The maximum Gasteiger partial charge on any atom is 0.135 e. The number of nitrogens with one attached hydrogen (secondary N) is 1. The van der Waals surface area contributed by atoms with Gasteiger partial charge in [0, 0.05) is 23.7 Å². The highest BCUT2D eigenvalue weighted by Crippen LogP contribution is 2.35. The fourth-order valence-electron chi connectivity index (χ4n) is 4.02. The average Bonchev–Trinajstić information content (AvgIpc) is 2.39. The molecule has 2 aliphatic heterocycles. The number of nitrogens with two attached hydrogens (primary N) is 1. The summed E-state index contributed by atoms with van der Waals surface area (Å²) < 4.78 is 0. The van der Waals surface area contributed by atoms with Crippen molar-refractivity contribution in [2.24, 2.45) is 0 Å². The minimum absolute atomic E-state index is 0.333. The number of hydrogen-bond acceptors (Lipinski definition) is 5. The van der Waals surface area contributed by atoms with Crippen molar-refractivity contribution in [2.45, 2.75) is 70.0 Å². The van der Waals surface area contributed by atoms with Gasteiger partial charge in [0.25, 0.3) is 0 Å². The van der Waals surface area contributed by atoms with Crippen LogP contribution in [0.2, 0.25) is 0 Å². The van der Waals surface area contributed by atoms with Gasteiger partial charge in [-0.3, -0.25) is 0 Å². The Hall–Kier alpha value is -1.36. The molecule has 21 heavy (non-hydrogen) atoms. The Labute approximate surface area is 127 Å². The summed E-state index contributed by atoms with van der Waals surface area (Å²) in [5.74, 6) is 1.88. The Morgan fingerprint density at radius 3 is 2.52 bits per heavy atom. The van der Waals surface area contributed by atoms with Crippen LogP contribution < -0.4 is 11.1 Å². The first-order valence-corrected chi connectivity index (χ1v) is 8.15. The number of aromatic nitrogens is 2. The van der Waals surface area contributed by atoms with Crippen LogP contribution in [0.3, 0.4) is 0 Å². The molecule has 2 atom stereocenters. The highest BCUT2D eigenvalue weighted by molar-refractivity contribution is 5.57. The number of rotatable bonds is 3. The molecule has 0 amide bonds. The normalized spacial score (nSPS) is 29.6. The van der Waals surface area contributed by atoms with Gasteiger partial charge in [-0.1, -0.05) is 20.3 Å². The molecule has 3 N–H and O–H groups in total. The van der Waals surface area contributed by atoms with Crippen molar-refractivity contribution >= 4 is 11.6 Å². The predicted octanol–water partition coefficient (Wildman–Crippen LogP) is 2.61. The Morgan fingerprint density at radius 2 is 1.90 bits per heavy atom. The summed E-state index contributed by atoms with van der Waals surface area (Å²) in [7, 11) is 2.28. The quantitative estimate of drug-likeness (QED) is 0.895. The van der Waals surface area contributed by atoms with E-state index in [1.165, 1.54) is 32.1 Å². The molecule has 2 unspecified atom stereocenters. The first kappa shape index (κ1) is 14.6. The molecule has 3 rings (SSSR count). The minimum atomic E-state index is 0.333. The fraction of sp³-hybridized carbons (Fsp3) is 0.750. The minimum Gasteiger partial charge on any atom is -0.383 e. The van der Waals surface area contributed by atoms with E-state index in [1.54, 1.807) is 6.33 Å². The molecule has 2 saturated heterocycles. The molecule has 0 radical (unpaired) electrons. The highest BCUT2D eigenvalue weighted by Gasteiger charge is 2.36. The van der Waals surface area contributed by atoms with Crippen molar-refractivity contribution in [3.63, 3.8) is 0 Å². The van der Waals surface area contributed by atoms with E-state index in [-0.39, 0.29) is 0 Å². The van der Waals surface area contributed by atoms with E-state index in [0.29, 0.717) is 17.8 Å². The van der Waals surface area contributed by atoms with Crippen LogP contribution in [0.5, 0.6) is 0 Å². The lowest BCUT2D eigenvalue weighted by molar-refractivity contribution is 0.0607. The lowest BCUT2D eigenvalue weighted by atomic mass is 9.82. The molecule has 0 aliphatic carbocycles.